The summed E-state index contributed by atoms with van der Waals surface area (Å²) >= 11 is 0. The summed E-state index contributed by atoms with van der Waals surface area (Å²) in [5.74, 6) is 0.490. The number of carbonyl (C=O) groups is 1. The highest BCUT2D eigenvalue weighted by Gasteiger charge is 2.28. The molecule has 0 atom stereocenters. The number of carbonyl (C=O) groups excluding carboxylic acids is 1. The van der Waals surface area contributed by atoms with Gasteiger partial charge in [-0.3, -0.25) is 0 Å². The predicted octanol–water partition coefficient (Wildman–Crippen LogP) is 5.21. The maximum absolute atomic E-state index is 13.2. The van der Waals surface area contributed by atoms with Crippen LogP contribution in [-0.2, 0) is 17.7 Å². The van der Waals surface area contributed by atoms with Gasteiger partial charge in [0.25, 0.3) is 0 Å². The van der Waals surface area contributed by atoms with Crippen molar-refractivity contribution in [3.05, 3.63) is 36.4 Å². The van der Waals surface area contributed by atoms with Gasteiger partial charge >= 0.3 is 6.09 Å². The van der Waals surface area contributed by atoms with E-state index < -0.39 is 11.7 Å². The number of phenolic OH excluding ortho intramolecular Hbond substituents is 1. The molecule has 150 valence electrons. The highest BCUT2D eigenvalue weighted by atomic mass is 16.6. The Balaban J connectivity index is 2.37. The van der Waals surface area contributed by atoms with Gasteiger partial charge in [0, 0.05) is 23.2 Å². The van der Waals surface area contributed by atoms with Crippen LogP contribution in [0.2, 0.25) is 0 Å². The van der Waals surface area contributed by atoms with Crippen molar-refractivity contribution in [2.24, 2.45) is 5.92 Å². The minimum atomic E-state index is -0.606. The van der Waals surface area contributed by atoms with E-state index in [0.29, 0.717) is 12.3 Å². The lowest BCUT2D eigenvalue weighted by molar-refractivity contribution is 0.0540. The molecule has 0 saturated carbocycles. The van der Waals surface area contributed by atoms with Crippen LogP contribution in [0.1, 0.15) is 47.2 Å². The quantitative estimate of drug-likeness (QED) is 0.671. The van der Waals surface area contributed by atoms with E-state index in [1.54, 1.807) is 29.1 Å². The van der Waals surface area contributed by atoms with Gasteiger partial charge in [0.05, 0.1) is 23.7 Å². The van der Waals surface area contributed by atoms with Crippen molar-refractivity contribution < 1.29 is 14.6 Å². The molecule has 3 rings (SSSR count). The average Bonchev–Trinajstić information content (AvgIpc) is 3.13. The molecule has 0 aliphatic carbocycles. The number of benzene rings is 1. The molecule has 0 spiro atoms. The Hall–Kier alpha value is -2.76. The van der Waals surface area contributed by atoms with Crippen LogP contribution in [0.25, 0.3) is 22.2 Å². The summed E-state index contributed by atoms with van der Waals surface area (Å²) in [5, 5.41) is 11.0. The monoisotopic (exact) mass is 383 g/mol. The van der Waals surface area contributed by atoms with Crippen LogP contribution in [0.5, 0.6) is 5.75 Å². The minimum Gasteiger partial charge on any atom is -0.508 e. The maximum atomic E-state index is 13.2. The zero-order chi connectivity index (χ0) is 20.6. The molecule has 3 aromatic rings. The molecule has 0 bridgehead atoms. The van der Waals surface area contributed by atoms with Gasteiger partial charge in [-0.25, -0.2) is 14.3 Å². The fraction of sp³-hybridized carbons (Fsp3) is 0.455. The van der Waals surface area contributed by atoms with Crippen LogP contribution in [0.3, 0.4) is 0 Å². The third-order valence-electron chi connectivity index (χ3n) is 4.54. The van der Waals surface area contributed by atoms with Crippen molar-refractivity contribution in [1.82, 2.24) is 14.1 Å². The Kier molecular flexibility index (Phi) is 5.24. The van der Waals surface area contributed by atoms with Gasteiger partial charge in [0.15, 0.2) is 0 Å². The Morgan fingerprint density at radius 3 is 2.61 bits per heavy atom. The number of hydrogen-bond acceptors (Lipinski definition) is 4. The zero-order valence-corrected chi connectivity index (χ0v) is 17.5. The van der Waals surface area contributed by atoms with Gasteiger partial charge in [0.1, 0.15) is 11.4 Å². The third kappa shape index (κ3) is 3.77. The van der Waals surface area contributed by atoms with Crippen molar-refractivity contribution in [2.75, 3.05) is 0 Å². The van der Waals surface area contributed by atoms with Crippen molar-refractivity contribution >= 4 is 17.0 Å². The van der Waals surface area contributed by atoms with E-state index in [-0.39, 0.29) is 5.75 Å². The molecule has 1 N–H and O–H groups in total. The number of fused-ring (bicyclic) bond motifs is 1. The molecule has 2 heterocycles. The molecular formula is C22H29N3O3. The molecule has 0 fully saturated rings. The summed E-state index contributed by atoms with van der Waals surface area (Å²) < 4.78 is 9.41. The summed E-state index contributed by atoms with van der Waals surface area (Å²) in [7, 11) is 0. The van der Waals surface area contributed by atoms with Gasteiger partial charge in [0.2, 0.25) is 0 Å². The fourth-order valence-corrected chi connectivity index (χ4v) is 3.49. The van der Waals surface area contributed by atoms with Gasteiger partial charge in [-0.1, -0.05) is 13.8 Å². The lowest BCUT2D eigenvalue weighted by atomic mass is 10.0. The van der Waals surface area contributed by atoms with E-state index in [9.17, 15) is 9.90 Å². The summed E-state index contributed by atoms with van der Waals surface area (Å²) in [4.78, 5) is 17.5. The highest BCUT2D eigenvalue weighted by molar-refractivity contribution is 6.02. The Bertz CT molecular complexity index is 1010. The first-order valence-corrected chi connectivity index (χ1v) is 9.72. The number of rotatable bonds is 4. The van der Waals surface area contributed by atoms with Crippen molar-refractivity contribution in [3.63, 3.8) is 0 Å². The fourth-order valence-electron chi connectivity index (χ4n) is 3.49. The van der Waals surface area contributed by atoms with Crippen molar-refractivity contribution in [3.8, 4) is 17.0 Å². The van der Waals surface area contributed by atoms with Gasteiger partial charge in [-0.05, 0) is 58.2 Å². The summed E-state index contributed by atoms with van der Waals surface area (Å²) in [5.41, 5.74) is 2.84. The molecule has 0 unspecified atom stereocenters. The molecule has 1 aromatic carbocycles. The molecule has 0 radical (unpaired) electrons. The van der Waals surface area contributed by atoms with E-state index in [4.69, 9.17) is 4.74 Å². The van der Waals surface area contributed by atoms with E-state index in [1.807, 2.05) is 31.5 Å². The number of aromatic hydroxyl groups is 1. The molecule has 6 heteroatoms. The lowest BCUT2D eigenvalue weighted by Crippen LogP contribution is -2.28. The van der Waals surface area contributed by atoms with Gasteiger partial charge < -0.3 is 14.4 Å². The van der Waals surface area contributed by atoms with Crippen LogP contribution in [0.4, 0.5) is 4.79 Å². The molecular weight excluding hydrogens is 354 g/mol. The normalized spacial score (nSPS) is 12.1. The molecule has 0 aliphatic rings. The number of hydrogen-bond donors (Lipinski definition) is 1. The highest BCUT2D eigenvalue weighted by Crippen LogP contribution is 2.38. The van der Waals surface area contributed by atoms with E-state index in [1.165, 1.54) is 0 Å². The van der Waals surface area contributed by atoms with Crippen LogP contribution in [0.15, 0.2) is 30.7 Å². The van der Waals surface area contributed by atoms with E-state index >= 15 is 0 Å². The number of phenols is 1. The summed E-state index contributed by atoms with van der Waals surface area (Å²) in [6.07, 6.45) is 3.88. The van der Waals surface area contributed by atoms with Crippen molar-refractivity contribution in [2.45, 2.75) is 60.1 Å². The molecule has 6 nitrogen and oxygen atoms in total. The molecule has 28 heavy (non-hydrogen) atoms. The van der Waals surface area contributed by atoms with Gasteiger partial charge in [-0.15, -0.1) is 0 Å². The standard InChI is InChI=1S/C22H29N3O3/c1-7-24-13-23-12-19(24)20-16-11-15(26)8-9-17(16)25(18(20)10-14(2)3)21(27)28-22(4,5)6/h8-9,11-14,26H,7,10H2,1-6H3. The van der Waals surface area contributed by atoms with Crippen LogP contribution in [-0.4, -0.2) is 30.9 Å². The van der Waals surface area contributed by atoms with Crippen LogP contribution >= 0.6 is 0 Å². The smallest absolute Gasteiger partial charge is 0.419 e. The SMILES string of the molecule is CCn1cncc1-c1c(CC(C)C)n(C(=O)OC(C)(C)C)c2ccc(O)cc12. The summed E-state index contributed by atoms with van der Waals surface area (Å²) in [6, 6.07) is 5.08. The largest absolute Gasteiger partial charge is 0.508 e. The second-order valence-electron chi connectivity index (χ2n) is 8.50. The van der Waals surface area contributed by atoms with E-state index in [2.05, 4.69) is 25.8 Å². The third-order valence-corrected chi connectivity index (χ3v) is 4.54. The number of aromatic nitrogens is 3. The topological polar surface area (TPSA) is 69.3 Å². The zero-order valence-electron chi connectivity index (χ0n) is 17.5. The Labute approximate surface area is 165 Å². The van der Waals surface area contributed by atoms with Crippen molar-refractivity contribution in [1.29, 1.82) is 0 Å². The van der Waals surface area contributed by atoms with Crippen LogP contribution < -0.4 is 0 Å². The lowest BCUT2D eigenvalue weighted by Gasteiger charge is -2.21. The number of nitrogens with zero attached hydrogens (tertiary/aromatic N) is 3. The number of aryl methyl sites for hydroxylation is 1. The van der Waals surface area contributed by atoms with E-state index in [0.717, 1.165) is 34.4 Å². The molecule has 0 saturated heterocycles. The first kappa shape index (κ1) is 20.0. The Morgan fingerprint density at radius 1 is 1.29 bits per heavy atom. The van der Waals surface area contributed by atoms with Gasteiger partial charge in [-0.2, -0.15) is 0 Å². The number of imidazole rings is 1. The maximum Gasteiger partial charge on any atom is 0.419 e. The second kappa shape index (κ2) is 7.34. The Morgan fingerprint density at radius 2 is 2.00 bits per heavy atom. The number of ether oxygens (including phenoxy) is 1. The second-order valence-corrected chi connectivity index (χ2v) is 8.50. The molecule has 2 aromatic heterocycles. The molecule has 0 aliphatic heterocycles. The first-order valence-electron chi connectivity index (χ1n) is 9.72. The minimum absolute atomic E-state index is 0.161. The first-order chi connectivity index (χ1) is 13.1. The molecule has 0 amide bonds. The average molecular weight is 383 g/mol. The summed E-state index contributed by atoms with van der Waals surface area (Å²) in [6.45, 7) is 12.6. The predicted molar refractivity (Wildman–Crippen MR) is 111 cm³/mol. The van der Waals surface area contributed by atoms with Crippen LogP contribution in [0, 0.1) is 5.92 Å².